The highest BCUT2D eigenvalue weighted by atomic mass is 32.2. The van der Waals surface area contributed by atoms with E-state index in [4.69, 9.17) is 4.74 Å². The van der Waals surface area contributed by atoms with Gasteiger partial charge in [0.1, 0.15) is 6.04 Å². The number of carbonyl (C=O) groups is 3. The van der Waals surface area contributed by atoms with Crippen molar-refractivity contribution >= 4 is 35.4 Å². The van der Waals surface area contributed by atoms with Crippen molar-refractivity contribution in [2.75, 3.05) is 24.3 Å². The lowest BCUT2D eigenvalue weighted by atomic mass is 9.99. The number of nitrogens with zero attached hydrogens (tertiary/aromatic N) is 1. The molecule has 1 saturated carbocycles. The van der Waals surface area contributed by atoms with Crippen molar-refractivity contribution in [2.45, 2.75) is 43.1 Å². The second kappa shape index (κ2) is 8.62. The minimum atomic E-state index is -1.07. The van der Waals surface area contributed by atoms with Crippen molar-refractivity contribution in [3.63, 3.8) is 0 Å². The van der Waals surface area contributed by atoms with Gasteiger partial charge in [-0.25, -0.2) is 4.79 Å². The van der Waals surface area contributed by atoms with Crippen LogP contribution in [0.5, 0.6) is 0 Å². The lowest BCUT2D eigenvalue weighted by molar-refractivity contribution is -0.120. The van der Waals surface area contributed by atoms with Gasteiger partial charge in [0, 0.05) is 36.3 Å². The van der Waals surface area contributed by atoms with Gasteiger partial charge in [-0.1, -0.05) is 0 Å². The summed E-state index contributed by atoms with van der Waals surface area (Å²) in [6.45, 7) is 1.26. The number of thioether (sulfide) groups is 1. The topological polar surface area (TPSA) is 108 Å². The first-order valence-electron chi connectivity index (χ1n) is 9.95. The van der Waals surface area contributed by atoms with Gasteiger partial charge in [0.2, 0.25) is 5.91 Å². The van der Waals surface area contributed by atoms with E-state index in [0.29, 0.717) is 30.2 Å². The zero-order valence-electron chi connectivity index (χ0n) is 16.0. The van der Waals surface area contributed by atoms with E-state index in [1.54, 1.807) is 24.3 Å². The van der Waals surface area contributed by atoms with Crippen molar-refractivity contribution in [3.8, 4) is 0 Å². The van der Waals surface area contributed by atoms with Crippen LogP contribution in [0.4, 0.5) is 10.5 Å². The molecule has 4 rings (SSSR count). The number of ether oxygens (including phenoxy) is 1. The summed E-state index contributed by atoms with van der Waals surface area (Å²) in [4.78, 5) is 38.0. The maximum Gasteiger partial charge on any atom is 0.408 e. The van der Waals surface area contributed by atoms with Gasteiger partial charge in [-0.3, -0.25) is 14.5 Å². The highest BCUT2D eigenvalue weighted by molar-refractivity contribution is 8.00. The van der Waals surface area contributed by atoms with Gasteiger partial charge in [-0.15, -0.1) is 11.8 Å². The Labute approximate surface area is 173 Å². The molecule has 2 aliphatic heterocycles. The van der Waals surface area contributed by atoms with E-state index in [0.717, 1.165) is 25.7 Å². The monoisotopic (exact) mass is 419 g/mol. The first-order chi connectivity index (χ1) is 14.0. The first-order valence-corrected chi connectivity index (χ1v) is 11.0. The lowest BCUT2D eigenvalue weighted by Gasteiger charge is -2.33. The summed E-state index contributed by atoms with van der Waals surface area (Å²) in [5.74, 6) is 0.174. The summed E-state index contributed by atoms with van der Waals surface area (Å²) in [5.41, 5.74) is 1.08. The average molecular weight is 420 g/mol. The first kappa shape index (κ1) is 20.0. The van der Waals surface area contributed by atoms with Crippen LogP contribution in [0, 0.1) is 5.92 Å². The minimum absolute atomic E-state index is 0.117. The van der Waals surface area contributed by atoms with Gasteiger partial charge in [-0.2, -0.15) is 0 Å². The summed E-state index contributed by atoms with van der Waals surface area (Å²) in [7, 11) is 0. The molecule has 2 unspecified atom stereocenters. The molecular formula is C20H25N3O5S. The zero-order valence-corrected chi connectivity index (χ0v) is 16.8. The predicted molar refractivity (Wildman–Crippen MR) is 109 cm³/mol. The number of rotatable bonds is 5. The molecule has 0 radical (unpaired) electrons. The van der Waals surface area contributed by atoms with Crippen LogP contribution in [0.25, 0.3) is 0 Å². The molecule has 2 heterocycles. The Morgan fingerprint density at radius 2 is 1.76 bits per heavy atom. The standard InChI is InChI=1S/C20H25N3O5S/c24-17(21-15-5-6-15)12-1-3-14(4-2-12)22-18(25)16-11-29-19(23(16)20(26)27)13-7-9-28-10-8-13/h1-4,13,15-16,19H,5-11H2,(H,21,24)(H,22,25)(H,26,27). The number of hydrogen-bond acceptors (Lipinski definition) is 5. The van der Waals surface area contributed by atoms with Crippen LogP contribution in [0.3, 0.4) is 0 Å². The Hall–Kier alpha value is -2.26. The van der Waals surface area contributed by atoms with Crippen molar-refractivity contribution in [1.29, 1.82) is 0 Å². The van der Waals surface area contributed by atoms with Gasteiger partial charge in [0.05, 0.1) is 5.37 Å². The molecule has 0 spiro atoms. The van der Waals surface area contributed by atoms with Gasteiger partial charge < -0.3 is 20.5 Å². The van der Waals surface area contributed by atoms with Crippen molar-refractivity contribution < 1.29 is 24.2 Å². The van der Waals surface area contributed by atoms with Crippen LogP contribution in [0.1, 0.15) is 36.0 Å². The highest BCUT2D eigenvalue weighted by Crippen LogP contribution is 2.38. The Balaban J connectivity index is 1.39. The van der Waals surface area contributed by atoms with Crippen LogP contribution >= 0.6 is 11.8 Å². The van der Waals surface area contributed by atoms with Crippen molar-refractivity contribution in [1.82, 2.24) is 10.2 Å². The molecule has 3 amide bonds. The lowest BCUT2D eigenvalue weighted by Crippen LogP contribution is -2.49. The molecule has 0 aromatic heterocycles. The molecule has 0 bridgehead atoms. The number of carbonyl (C=O) groups excluding carboxylic acids is 2. The Morgan fingerprint density at radius 3 is 2.38 bits per heavy atom. The number of benzene rings is 1. The third-order valence-electron chi connectivity index (χ3n) is 5.55. The molecule has 9 heteroatoms. The summed E-state index contributed by atoms with van der Waals surface area (Å²) >= 11 is 1.53. The molecule has 1 aromatic rings. The van der Waals surface area contributed by atoms with E-state index in [2.05, 4.69) is 10.6 Å². The molecule has 2 saturated heterocycles. The fraction of sp³-hybridized carbons (Fsp3) is 0.550. The predicted octanol–water partition coefficient (Wildman–Crippen LogP) is 2.37. The maximum absolute atomic E-state index is 12.8. The molecule has 1 aliphatic carbocycles. The fourth-order valence-electron chi connectivity index (χ4n) is 3.76. The average Bonchev–Trinajstić information content (AvgIpc) is 3.42. The number of hydrogen-bond donors (Lipinski definition) is 3. The van der Waals surface area contributed by atoms with Gasteiger partial charge >= 0.3 is 6.09 Å². The molecule has 29 heavy (non-hydrogen) atoms. The zero-order chi connectivity index (χ0) is 20.4. The molecule has 8 nitrogen and oxygen atoms in total. The largest absolute Gasteiger partial charge is 0.465 e. The van der Waals surface area contributed by atoms with Gasteiger partial charge in [0.25, 0.3) is 5.91 Å². The molecule has 156 valence electrons. The molecule has 3 fully saturated rings. The quantitative estimate of drug-likeness (QED) is 0.676. The van der Waals surface area contributed by atoms with E-state index in [1.807, 2.05) is 0 Å². The third kappa shape index (κ3) is 4.67. The fourth-order valence-corrected chi connectivity index (χ4v) is 5.40. The van der Waals surface area contributed by atoms with Crippen LogP contribution < -0.4 is 10.6 Å². The molecule has 2 atom stereocenters. The summed E-state index contributed by atoms with van der Waals surface area (Å²) < 4.78 is 5.38. The minimum Gasteiger partial charge on any atom is -0.465 e. The summed E-state index contributed by atoms with van der Waals surface area (Å²) in [5, 5.41) is 15.2. The second-order valence-corrected chi connectivity index (χ2v) is 8.84. The van der Waals surface area contributed by atoms with Crippen LogP contribution in [0.15, 0.2) is 24.3 Å². The normalized spacial score (nSPS) is 24.9. The summed E-state index contributed by atoms with van der Waals surface area (Å²) in [6.07, 6.45) is 2.58. The number of carboxylic acid groups (broad SMARTS) is 1. The van der Waals surface area contributed by atoms with E-state index in [9.17, 15) is 19.5 Å². The molecule has 3 aliphatic rings. The van der Waals surface area contributed by atoms with Gasteiger partial charge in [0.15, 0.2) is 0 Å². The Kier molecular flexibility index (Phi) is 5.96. The van der Waals surface area contributed by atoms with E-state index in [-0.39, 0.29) is 29.1 Å². The van der Waals surface area contributed by atoms with E-state index in [1.165, 1.54) is 16.7 Å². The van der Waals surface area contributed by atoms with Crippen molar-refractivity contribution in [2.24, 2.45) is 5.92 Å². The SMILES string of the molecule is O=C(NC1CC1)c1ccc(NC(=O)C2CSC(C3CCOCC3)N2C(=O)O)cc1. The Morgan fingerprint density at radius 1 is 1.07 bits per heavy atom. The van der Waals surface area contributed by atoms with Crippen LogP contribution in [0.2, 0.25) is 0 Å². The third-order valence-corrected chi connectivity index (χ3v) is 7.02. The maximum atomic E-state index is 12.8. The highest BCUT2D eigenvalue weighted by Gasteiger charge is 2.45. The Bertz CT molecular complexity index is 777. The molecule has 1 aromatic carbocycles. The van der Waals surface area contributed by atoms with E-state index < -0.39 is 12.1 Å². The molecule has 3 N–H and O–H groups in total. The van der Waals surface area contributed by atoms with E-state index >= 15 is 0 Å². The number of anilines is 1. The second-order valence-electron chi connectivity index (χ2n) is 7.69. The van der Waals surface area contributed by atoms with Crippen LogP contribution in [-0.2, 0) is 9.53 Å². The molecular weight excluding hydrogens is 394 g/mol. The van der Waals surface area contributed by atoms with Gasteiger partial charge in [-0.05, 0) is 55.9 Å². The number of amides is 3. The van der Waals surface area contributed by atoms with Crippen LogP contribution in [-0.4, -0.2) is 64.3 Å². The summed E-state index contributed by atoms with van der Waals surface area (Å²) in [6, 6.07) is 6.22. The number of nitrogens with one attached hydrogen (secondary N) is 2. The van der Waals surface area contributed by atoms with Crippen molar-refractivity contribution in [3.05, 3.63) is 29.8 Å². The smallest absolute Gasteiger partial charge is 0.408 e.